The third kappa shape index (κ3) is 3.31. The number of aromatic amines is 1. The molecule has 0 aliphatic rings. The van der Waals surface area contributed by atoms with E-state index in [4.69, 9.17) is 9.47 Å². The van der Waals surface area contributed by atoms with Gasteiger partial charge in [0.2, 0.25) is 0 Å². The molecule has 0 spiro atoms. The number of nitrogens with one attached hydrogen (secondary N) is 1. The zero-order valence-corrected chi connectivity index (χ0v) is 16.9. The van der Waals surface area contributed by atoms with Crippen molar-refractivity contribution in [3.63, 3.8) is 0 Å². The van der Waals surface area contributed by atoms with Crippen LogP contribution in [-0.2, 0) is 16.1 Å². The number of hydrogen-bond acceptors (Lipinski definition) is 6. The summed E-state index contributed by atoms with van der Waals surface area (Å²) in [5.74, 6) is 0.510. The molecule has 0 radical (unpaired) electrons. The van der Waals surface area contributed by atoms with E-state index in [9.17, 15) is 10.1 Å². The van der Waals surface area contributed by atoms with Gasteiger partial charge in [-0.2, -0.15) is 10.4 Å². The van der Waals surface area contributed by atoms with Gasteiger partial charge in [0.1, 0.15) is 17.3 Å². The molecule has 1 N–H and O–H groups in total. The second kappa shape index (κ2) is 7.79. The maximum absolute atomic E-state index is 11.5. The third-order valence-electron chi connectivity index (χ3n) is 5.01. The van der Waals surface area contributed by atoms with E-state index in [0.29, 0.717) is 17.6 Å². The van der Waals surface area contributed by atoms with Gasteiger partial charge in [-0.05, 0) is 36.8 Å². The number of aryl methyl sites for hydroxylation is 1. The van der Waals surface area contributed by atoms with Crippen LogP contribution < -0.4 is 9.47 Å². The Bertz CT molecular complexity index is 1300. The molecule has 4 rings (SSSR count). The number of carbonyl (C=O) groups is 1. The summed E-state index contributed by atoms with van der Waals surface area (Å²) in [5.41, 5.74) is 3.95. The van der Waals surface area contributed by atoms with E-state index in [1.54, 1.807) is 23.9 Å². The van der Waals surface area contributed by atoms with E-state index in [1.165, 1.54) is 7.11 Å². The number of nitrogens with zero attached hydrogens (tertiary/aromatic N) is 3. The van der Waals surface area contributed by atoms with Crippen LogP contribution in [0.5, 0.6) is 11.5 Å². The highest BCUT2D eigenvalue weighted by atomic mass is 16.6. The minimum absolute atomic E-state index is 0.266. The summed E-state index contributed by atoms with van der Waals surface area (Å²) >= 11 is 0. The van der Waals surface area contributed by atoms with Crippen molar-refractivity contribution in [1.29, 1.82) is 5.26 Å². The number of carbonyl (C=O) groups excluding carboxylic acids is 1. The third-order valence-corrected chi connectivity index (χ3v) is 5.01. The first-order chi connectivity index (χ1) is 14.5. The molecule has 4 aromatic rings. The molecular weight excluding hydrogens is 384 g/mol. The van der Waals surface area contributed by atoms with E-state index < -0.39 is 5.97 Å². The van der Waals surface area contributed by atoms with Crippen molar-refractivity contribution < 1.29 is 19.0 Å². The maximum Gasteiger partial charge on any atom is 0.343 e. The number of H-pyrrole nitrogens is 1. The van der Waals surface area contributed by atoms with Gasteiger partial charge in [0.05, 0.1) is 26.3 Å². The molecular formula is C22H20N4O4. The number of rotatable bonds is 6. The summed E-state index contributed by atoms with van der Waals surface area (Å²) in [6.45, 7) is 2.19. The number of fused-ring (bicyclic) bond motifs is 2. The van der Waals surface area contributed by atoms with Crippen LogP contribution in [0.1, 0.15) is 16.7 Å². The average molecular weight is 404 g/mol. The monoisotopic (exact) mass is 404 g/mol. The number of ether oxygens (including phenoxy) is 3. The first kappa shape index (κ1) is 19.3. The van der Waals surface area contributed by atoms with Crippen molar-refractivity contribution in [3.8, 4) is 17.6 Å². The summed E-state index contributed by atoms with van der Waals surface area (Å²) in [5, 5.41) is 15.9. The van der Waals surface area contributed by atoms with E-state index >= 15 is 0 Å². The van der Waals surface area contributed by atoms with E-state index in [1.807, 2.05) is 31.5 Å². The van der Waals surface area contributed by atoms with Crippen LogP contribution in [0.2, 0.25) is 0 Å². The summed E-state index contributed by atoms with van der Waals surface area (Å²) < 4.78 is 17.6. The van der Waals surface area contributed by atoms with Gasteiger partial charge in [0.25, 0.3) is 0 Å². The molecule has 8 nitrogen and oxygen atoms in total. The minimum Gasteiger partial charge on any atom is -0.496 e. The van der Waals surface area contributed by atoms with E-state index in [0.717, 1.165) is 33.2 Å². The molecule has 0 aliphatic heterocycles. The topological polar surface area (TPSA) is 102 Å². The number of hydrogen-bond donors (Lipinski definition) is 1. The molecule has 0 unspecified atom stereocenters. The first-order valence-corrected chi connectivity index (χ1v) is 9.29. The molecule has 8 heteroatoms. The van der Waals surface area contributed by atoms with Crippen LogP contribution in [0.3, 0.4) is 0 Å². The lowest BCUT2D eigenvalue weighted by atomic mass is 10.0. The molecule has 0 amide bonds. The number of methoxy groups -OCH3 is 2. The Kier molecular flexibility index (Phi) is 5.02. The molecule has 0 fully saturated rings. The van der Waals surface area contributed by atoms with E-state index in [2.05, 4.69) is 20.9 Å². The van der Waals surface area contributed by atoms with Gasteiger partial charge in [0.15, 0.2) is 12.4 Å². The lowest BCUT2D eigenvalue weighted by molar-refractivity contribution is -0.142. The lowest BCUT2D eigenvalue weighted by Gasteiger charge is -2.12. The standard InChI is InChI=1S/C22H20N4O4/c1-13-8-18(28-2)17(16-6-7-24-20(13)16)11-26-10-15-5-4-14(9-23)22(21(15)25-26)30-12-19(27)29-3/h4-8,10,24H,11-12H2,1-3H3. The Hall–Kier alpha value is -3.99. The number of esters is 1. The molecule has 2 heterocycles. The van der Waals surface area contributed by atoms with Crippen LogP contribution in [0.25, 0.3) is 21.8 Å². The number of aromatic nitrogens is 3. The predicted molar refractivity (Wildman–Crippen MR) is 111 cm³/mol. The molecule has 152 valence electrons. The second-order valence-corrected chi connectivity index (χ2v) is 6.82. The highest BCUT2D eigenvalue weighted by Crippen LogP contribution is 2.33. The fourth-order valence-electron chi connectivity index (χ4n) is 3.56. The van der Waals surface area contributed by atoms with Gasteiger partial charge in [-0.3, -0.25) is 4.68 Å². The normalized spacial score (nSPS) is 10.9. The maximum atomic E-state index is 11.5. The highest BCUT2D eigenvalue weighted by Gasteiger charge is 2.17. The van der Waals surface area contributed by atoms with Gasteiger partial charge in [-0.15, -0.1) is 0 Å². The van der Waals surface area contributed by atoms with Crippen LogP contribution in [0.4, 0.5) is 0 Å². The molecule has 0 aliphatic carbocycles. The molecule has 30 heavy (non-hydrogen) atoms. The smallest absolute Gasteiger partial charge is 0.343 e. The van der Waals surface area contributed by atoms with Crippen molar-refractivity contribution in [2.75, 3.05) is 20.8 Å². The Morgan fingerprint density at radius 1 is 1.30 bits per heavy atom. The van der Waals surface area contributed by atoms with Crippen molar-refractivity contribution in [2.45, 2.75) is 13.5 Å². The fraction of sp³-hybridized carbons (Fsp3) is 0.227. The molecule has 0 bridgehead atoms. The first-order valence-electron chi connectivity index (χ1n) is 9.29. The average Bonchev–Trinajstić information content (AvgIpc) is 3.40. The molecule has 0 saturated carbocycles. The molecule has 2 aromatic heterocycles. The number of nitriles is 1. The summed E-state index contributed by atoms with van der Waals surface area (Å²) in [6.07, 6.45) is 3.78. The largest absolute Gasteiger partial charge is 0.496 e. The Morgan fingerprint density at radius 2 is 2.13 bits per heavy atom. The zero-order chi connectivity index (χ0) is 21.3. The lowest BCUT2D eigenvalue weighted by Crippen LogP contribution is -2.13. The van der Waals surface area contributed by atoms with Crippen LogP contribution in [-0.4, -0.2) is 41.6 Å². The van der Waals surface area contributed by atoms with Crippen molar-refractivity contribution in [2.24, 2.45) is 0 Å². The minimum atomic E-state index is -0.533. The van der Waals surface area contributed by atoms with Gasteiger partial charge in [-0.1, -0.05) is 0 Å². The fourth-order valence-corrected chi connectivity index (χ4v) is 3.56. The SMILES string of the molecule is COC(=O)COc1c(C#N)ccc2cn(Cc3c(OC)cc(C)c4[nH]ccc34)nc12. The van der Waals surface area contributed by atoms with Gasteiger partial charge in [-0.25, -0.2) is 4.79 Å². The Morgan fingerprint density at radius 3 is 2.87 bits per heavy atom. The van der Waals surface area contributed by atoms with Crippen LogP contribution in [0, 0.1) is 18.3 Å². The summed E-state index contributed by atoms with van der Waals surface area (Å²) in [7, 11) is 2.93. The highest BCUT2D eigenvalue weighted by molar-refractivity contribution is 5.89. The van der Waals surface area contributed by atoms with Gasteiger partial charge >= 0.3 is 5.97 Å². The molecule has 0 saturated heterocycles. The van der Waals surface area contributed by atoms with E-state index in [-0.39, 0.29) is 12.4 Å². The summed E-state index contributed by atoms with van der Waals surface area (Å²) in [4.78, 5) is 14.8. The molecule has 2 aromatic carbocycles. The van der Waals surface area contributed by atoms with Crippen molar-refractivity contribution >= 4 is 27.8 Å². The quantitative estimate of drug-likeness (QED) is 0.495. The van der Waals surface area contributed by atoms with Crippen molar-refractivity contribution in [1.82, 2.24) is 14.8 Å². The van der Waals surface area contributed by atoms with Gasteiger partial charge < -0.3 is 19.2 Å². The second-order valence-electron chi connectivity index (χ2n) is 6.82. The van der Waals surface area contributed by atoms with Crippen LogP contribution in [0.15, 0.2) is 36.7 Å². The Balaban J connectivity index is 1.78. The number of benzene rings is 2. The van der Waals surface area contributed by atoms with Gasteiger partial charge in [0, 0.05) is 34.2 Å². The zero-order valence-electron chi connectivity index (χ0n) is 16.9. The Labute approximate surface area is 172 Å². The molecule has 0 atom stereocenters. The predicted octanol–water partition coefficient (Wildman–Crippen LogP) is 3.31. The summed E-state index contributed by atoms with van der Waals surface area (Å²) in [6, 6.07) is 9.55. The van der Waals surface area contributed by atoms with Crippen molar-refractivity contribution in [3.05, 3.63) is 53.3 Å². The van der Waals surface area contributed by atoms with Crippen LogP contribution >= 0.6 is 0 Å².